The van der Waals surface area contributed by atoms with E-state index in [2.05, 4.69) is 17.9 Å². The topological polar surface area (TPSA) is 47.6 Å². The van der Waals surface area contributed by atoms with Crippen LogP contribution in [0.4, 0.5) is 4.39 Å². The molecule has 1 N–H and O–H groups in total. The standard InChI is InChI=1S/C15H12FNO3S/c16-11-3-2-10(6-14(11)21)15(18)17-7-9-1-4-12-13(5-9)20-8-19-12/h1-6,21H,7-8H2,(H,17,18). The van der Waals surface area contributed by atoms with Crippen LogP contribution in [-0.2, 0) is 6.54 Å². The highest BCUT2D eigenvalue weighted by Gasteiger charge is 2.14. The number of ether oxygens (including phenoxy) is 2. The third-order valence-electron chi connectivity index (χ3n) is 3.10. The van der Waals surface area contributed by atoms with Gasteiger partial charge in [-0.2, -0.15) is 0 Å². The van der Waals surface area contributed by atoms with Gasteiger partial charge in [0.05, 0.1) is 0 Å². The molecule has 0 unspecified atom stereocenters. The second-order valence-corrected chi connectivity index (χ2v) is 5.02. The lowest BCUT2D eigenvalue weighted by molar-refractivity contribution is 0.0950. The Balaban J connectivity index is 1.67. The average Bonchev–Trinajstić information content (AvgIpc) is 2.95. The monoisotopic (exact) mass is 305 g/mol. The van der Waals surface area contributed by atoms with Gasteiger partial charge in [-0.25, -0.2) is 4.39 Å². The summed E-state index contributed by atoms with van der Waals surface area (Å²) in [6.45, 7) is 0.556. The summed E-state index contributed by atoms with van der Waals surface area (Å²) in [7, 11) is 0. The number of amides is 1. The number of halogens is 1. The van der Waals surface area contributed by atoms with Crippen LogP contribution >= 0.6 is 12.6 Å². The zero-order chi connectivity index (χ0) is 14.8. The predicted molar refractivity (Wildman–Crippen MR) is 77.4 cm³/mol. The highest BCUT2D eigenvalue weighted by atomic mass is 32.1. The fourth-order valence-corrected chi connectivity index (χ4v) is 2.20. The maximum Gasteiger partial charge on any atom is 0.251 e. The predicted octanol–water partition coefficient (Wildman–Crippen LogP) is 2.77. The molecule has 3 rings (SSSR count). The molecular weight excluding hydrogens is 293 g/mol. The summed E-state index contributed by atoms with van der Waals surface area (Å²) >= 11 is 3.96. The van der Waals surface area contributed by atoms with Crippen LogP contribution in [0, 0.1) is 5.82 Å². The Kier molecular flexibility index (Phi) is 3.70. The van der Waals surface area contributed by atoms with Gasteiger partial charge in [0, 0.05) is 17.0 Å². The van der Waals surface area contributed by atoms with Crippen molar-refractivity contribution in [2.24, 2.45) is 0 Å². The van der Waals surface area contributed by atoms with E-state index in [1.807, 2.05) is 12.1 Å². The lowest BCUT2D eigenvalue weighted by Gasteiger charge is -2.07. The van der Waals surface area contributed by atoms with Crippen LogP contribution in [0.3, 0.4) is 0 Å². The third-order valence-corrected chi connectivity index (χ3v) is 3.44. The molecule has 0 atom stereocenters. The third kappa shape index (κ3) is 2.95. The quantitative estimate of drug-likeness (QED) is 0.857. The van der Waals surface area contributed by atoms with Crippen molar-refractivity contribution in [1.82, 2.24) is 5.32 Å². The molecule has 0 saturated heterocycles. The van der Waals surface area contributed by atoms with E-state index in [-0.39, 0.29) is 17.6 Å². The summed E-state index contributed by atoms with van der Waals surface area (Å²) in [5.74, 6) is 0.623. The first kappa shape index (κ1) is 13.8. The van der Waals surface area contributed by atoms with E-state index in [1.54, 1.807) is 6.07 Å². The van der Waals surface area contributed by atoms with E-state index in [4.69, 9.17) is 9.47 Å². The number of carbonyl (C=O) groups is 1. The first-order valence-electron chi connectivity index (χ1n) is 6.29. The molecule has 1 aliphatic rings. The molecule has 0 aliphatic carbocycles. The van der Waals surface area contributed by atoms with Crippen LogP contribution in [0.25, 0.3) is 0 Å². The van der Waals surface area contributed by atoms with Gasteiger partial charge in [0.25, 0.3) is 5.91 Å². The molecule has 2 aromatic rings. The Bertz CT molecular complexity index is 705. The van der Waals surface area contributed by atoms with E-state index >= 15 is 0 Å². The molecule has 0 saturated carbocycles. The molecule has 21 heavy (non-hydrogen) atoms. The van der Waals surface area contributed by atoms with Crippen molar-refractivity contribution in [3.8, 4) is 11.5 Å². The van der Waals surface area contributed by atoms with E-state index in [0.717, 1.165) is 5.56 Å². The molecule has 2 aromatic carbocycles. The van der Waals surface area contributed by atoms with E-state index < -0.39 is 5.82 Å². The molecule has 6 heteroatoms. The van der Waals surface area contributed by atoms with Crippen LogP contribution in [-0.4, -0.2) is 12.7 Å². The summed E-state index contributed by atoms with van der Waals surface area (Å²) < 4.78 is 23.6. The first-order chi connectivity index (χ1) is 10.1. The van der Waals surface area contributed by atoms with Gasteiger partial charge in [-0.15, -0.1) is 12.6 Å². The molecule has 1 amide bonds. The van der Waals surface area contributed by atoms with Crippen LogP contribution in [0.15, 0.2) is 41.3 Å². The minimum absolute atomic E-state index is 0.144. The highest BCUT2D eigenvalue weighted by molar-refractivity contribution is 7.80. The minimum atomic E-state index is -0.453. The number of nitrogens with one attached hydrogen (secondary N) is 1. The maximum absolute atomic E-state index is 13.1. The fraction of sp³-hybridized carbons (Fsp3) is 0.133. The summed E-state index contributed by atoms with van der Waals surface area (Å²) in [5.41, 5.74) is 1.25. The normalized spacial score (nSPS) is 12.3. The number of thiol groups is 1. The maximum atomic E-state index is 13.1. The van der Waals surface area contributed by atoms with Crippen molar-refractivity contribution in [2.45, 2.75) is 11.4 Å². The second-order valence-electron chi connectivity index (χ2n) is 4.54. The second kappa shape index (κ2) is 5.65. The van der Waals surface area contributed by atoms with E-state index in [9.17, 15) is 9.18 Å². The Morgan fingerprint density at radius 3 is 2.81 bits per heavy atom. The Morgan fingerprint density at radius 1 is 1.19 bits per heavy atom. The molecule has 1 heterocycles. The largest absolute Gasteiger partial charge is 0.454 e. The minimum Gasteiger partial charge on any atom is -0.454 e. The van der Waals surface area contributed by atoms with Gasteiger partial charge in [-0.05, 0) is 35.9 Å². The molecule has 1 aliphatic heterocycles. The number of fused-ring (bicyclic) bond motifs is 1. The van der Waals surface area contributed by atoms with Gasteiger partial charge in [0.2, 0.25) is 6.79 Å². The lowest BCUT2D eigenvalue weighted by Crippen LogP contribution is -2.22. The highest BCUT2D eigenvalue weighted by Crippen LogP contribution is 2.32. The number of carbonyl (C=O) groups excluding carboxylic acids is 1. The molecule has 0 bridgehead atoms. The molecule has 0 spiro atoms. The zero-order valence-electron chi connectivity index (χ0n) is 10.9. The summed E-state index contributed by atoms with van der Waals surface area (Å²) in [6, 6.07) is 9.50. The lowest BCUT2D eigenvalue weighted by atomic mass is 10.1. The van der Waals surface area contributed by atoms with Crippen LogP contribution in [0.5, 0.6) is 11.5 Å². The Morgan fingerprint density at radius 2 is 2.00 bits per heavy atom. The smallest absolute Gasteiger partial charge is 0.251 e. The molecular formula is C15H12FNO3S. The number of hydrogen-bond donors (Lipinski definition) is 2. The van der Waals surface area contributed by atoms with Crippen molar-refractivity contribution in [2.75, 3.05) is 6.79 Å². The summed E-state index contributed by atoms with van der Waals surface area (Å²) in [4.78, 5) is 12.1. The van der Waals surface area contributed by atoms with Gasteiger partial charge in [0.15, 0.2) is 11.5 Å². The van der Waals surface area contributed by atoms with Crippen LogP contribution in [0.1, 0.15) is 15.9 Å². The van der Waals surface area contributed by atoms with Gasteiger partial charge in [-0.3, -0.25) is 4.79 Å². The zero-order valence-corrected chi connectivity index (χ0v) is 11.8. The van der Waals surface area contributed by atoms with E-state index in [1.165, 1.54) is 18.2 Å². The molecule has 0 aromatic heterocycles. The van der Waals surface area contributed by atoms with Crippen molar-refractivity contribution in [1.29, 1.82) is 0 Å². The van der Waals surface area contributed by atoms with Crippen molar-refractivity contribution in [3.05, 3.63) is 53.3 Å². The van der Waals surface area contributed by atoms with Gasteiger partial charge in [0.1, 0.15) is 5.82 Å². The summed E-state index contributed by atoms with van der Waals surface area (Å²) in [6.07, 6.45) is 0. The molecule has 108 valence electrons. The molecule has 0 radical (unpaired) electrons. The molecule has 0 fully saturated rings. The Labute approximate surface area is 126 Å². The van der Waals surface area contributed by atoms with E-state index in [0.29, 0.717) is 23.6 Å². The molecule has 4 nitrogen and oxygen atoms in total. The number of hydrogen-bond acceptors (Lipinski definition) is 4. The van der Waals surface area contributed by atoms with Gasteiger partial charge in [-0.1, -0.05) is 6.07 Å². The fourth-order valence-electron chi connectivity index (χ4n) is 1.99. The number of benzene rings is 2. The SMILES string of the molecule is O=C(NCc1ccc2c(c1)OCO2)c1ccc(F)c(S)c1. The van der Waals surface area contributed by atoms with Crippen LogP contribution in [0.2, 0.25) is 0 Å². The van der Waals surface area contributed by atoms with Crippen molar-refractivity contribution in [3.63, 3.8) is 0 Å². The van der Waals surface area contributed by atoms with Gasteiger partial charge < -0.3 is 14.8 Å². The van der Waals surface area contributed by atoms with Crippen molar-refractivity contribution < 1.29 is 18.7 Å². The average molecular weight is 305 g/mol. The van der Waals surface area contributed by atoms with Crippen LogP contribution < -0.4 is 14.8 Å². The summed E-state index contributed by atoms with van der Waals surface area (Å²) in [5, 5.41) is 2.76. The van der Waals surface area contributed by atoms with Gasteiger partial charge >= 0.3 is 0 Å². The Hall–Kier alpha value is -2.21. The number of rotatable bonds is 3. The van der Waals surface area contributed by atoms with Crippen molar-refractivity contribution >= 4 is 18.5 Å². The first-order valence-corrected chi connectivity index (χ1v) is 6.73.